The third-order valence-corrected chi connectivity index (χ3v) is 2.40. The molecule has 1 heterocycles. The third-order valence-electron chi connectivity index (χ3n) is 2.40. The summed E-state index contributed by atoms with van der Waals surface area (Å²) in [5, 5.41) is 8.95. The van der Waals surface area contributed by atoms with Crippen molar-refractivity contribution < 1.29 is 14.6 Å². The normalized spacial score (nSPS) is 18.9. The minimum Gasteiger partial charge on any atom is -0.491 e. The molecular formula is C10H11NO3. The summed E-state index contributed by atoms with van der Waals surface area (Å²) in [6.07, 6.45) is 0. The SMILES string of the molecule is Cc1ccc(C(=O)O)c2c1OCC2N. The van der Waals surface area contributed by atoms with Crippen LogP contribution in [0.2, 0.25) is 0 Å². The van der Waals surface area contributed by atoms with Crippen molar-refractivity contribution in [2.45, 2.75) is 13.0 Å². The standard InChI is InChI=1S/C10H11NO3/c1-5-2-3-6(10(12)13)8-7(11)4-14-9(5)8/h2-3,7H,4,11H2,1H3,(H,12,13). The summed E-state index contributed by atoms with van der Waals surface area (Å²) in [6.45, 7) is 2.24. The van der Waals surface area contributed by atoms with Gasteiger partial charge in [0.2, 0.25) is 0 Å². The predicted molar refractivity (Wildman–Crippen MR) is 50.6 cm³/mol. The van der Waals surface area contributed by atoms with E-state index in [1.165, 1.54) is 0 Å². The molecule has 0 aliphatic carbocycles. The van der Waals surface area contributed by atoms with E-state index in [1.807, 2.05) is 6.92 Å². The van der Waals surface area contributed by atoms with Gasteiger partial charge in [-0.2, -0.15) is 0 Å². The van der Waals surface area contributed by atoms with Crippen LogP contribution in [-0.2, 0) is 0 Å². The zero-order chi connectivity index (χ0) is 10.3. The lowest BCUT2D eigenvalue weighted by Crippen LogP contribution is -2.14. The fourth-order valence-corrected chi connectivity index (χ4v) is 1.71. The van der Waals surface area contributed by atoms with Crippen LogP contribution >= 0.6 is 0 Å². The Kier molecular flexibility index (Phi) is 1.93. The van der Waals surface area contributed by atoms with Gasteiger partial charge >= 0.3 is 5.97 Å². The predicted octanol–water partition coefficient (Wildman–Crippen LogP) is 1.09. The molecule has 74 valence electrons. The molecule has 0 saturated heterocycles. The fraction of sp³-hybridized carbons (Fsp3) is 0.300. The van der Waals surface area contributed by atoms with Crippen molar-refractivity contribution in [3.05, 3.63) is 28.8 Å². The number of benzene rings is 1. The molecule has 1 unspecified atom stereocenters. The number of rotatable bonds is 1. The minimum absolute atomic E-state index is 0.246. The van der Waals surface area contributed by atoms with Gasteiger partial charge in [0, 0.05) is 5.56 Å². The van der Waals surface area contributed by atoms with Gasteiger partial charge in [0.15, 0.2) is 0 Å². The van der Waals surface area contributed by atoms with Gasteiger partial charge < -0.3 is 15.6 Å². The Labute approximate surface area is 81.3 Å². The van der Waals surface area contributed by atoms with Crippen LogP contribution in [0.15, 0.2) is 12.1 Å². The molecule has 4 heteroatoms. The second kappa shape index (κ2) is 2.99. The molecule has 1 aliphatic rings. The Hall–Kier alpha value is -1.55. The Bertz CT molecular complexity index is 401. The number of carboxylic acid groups (broad SMARTS) is 1. The molecule has 1 aromatic carbocycles. The van der Waals surface area contributed by atoms with Gasteiger partial charge in [0.1, 0.15) is 12.4 Å². The molecule has 0 fully saturated rings. The molecular weight excluding hydrogens is 182 g/mol. The minimum atomic E-state index is -0.956. The average molecular weight is 193 g/mol. The monoisotopic (exact) mass is 193 g/mol. The number of hydrogen-bond acceptors (Lipinski definition) is 3. The lowest BCUT2D eigenvalue weighted by Gasteiger charge is -2.07. The second-order valence-electron chi connectivity index (χ2n) is 3.40. The van der Waals surface area contributed by atoms with Gasteiger partial charge in [-0.3, -0.25) is 0 Å². The van der Waals surface area contributed by atoms with Crippen LogP contribution in [0.3, 0.4) is 0 Å². The molecule has 14 heavy (non-hydrogen) atoms. The first-order chi connectivity index (χ1) is 6.61. The van der Waals surface area contributed by atoms with E-state index in [-0.39, 0.29) is 11.6 Å². The number of carbonyl (C=O) groups is 1. The van der Waals surface area contributed by atoms with E-state index in [1.54, 1.807) is 12.1 Å². The van der Waals surface area contributed by atoms with Crippen molar-refractivity contribution in [3.8, 4) is 5.75 Å². The largest absolute Gasteiger partial charge is 0.491 e. The van der Waals surface area contributed by atoms with E-state index in [4.69, 9.17) is 15.6 Å². The van der Waals surface area contributed by atoms with Crippen molar-refractivity contribution in [1.82, 2.24) is 0 Å². The first-order valence-electron chi connectivity index (χ1n) is 4.36. The van der Waals surface area contributed by atoms with Crippen LogP contribution in [-0.4, -0.2) is 17.7 Å². The van der Waals surface area contributed by atoms with Gasteiger partial charge in [0.05, 0.1) is 11.6 Å². The molecule has 0 aromatic heterocycles. The summed E-state index contributed by atoms with van der Waals surface area (Å²) < 4.78 is 5.34. The van der Waals surface area contributed by atoms with E-state index in [0.717, 1.165) is 5.56 Å². The second-order valence-corrected chi connectivity index (χ2v) is 3.40. The van der Waals surface area contributed by atoms with Crippen LogP contribution in [0, 0.1) is 6.92 Å². The van der Waals surface area contributed by atoms with Crippen molar-refractivity contribution in [2.24, 2.45) is 5.73 Å². The Morgan fingerprint density at radius 2 is 2.36 bits per heavy atom. The maximum absolute atomic E-state index is 10.9. The average Bonchev–Trinajstić information content (AvgIpc) is 2.50. The summed E-state index contributed by atoms with van der Waals surface area (Å²) in [5.41, 5.74) is 7.56. The first kappa shape index (κ1) is 9.02. The third kappa shape index (κ3) is 1.15. The molecule has 3 N–H and O–H groups in total. The highest BCUT2D eigenvalue weighted by molar-refractivity contribution is 5.91. The maximum atomic E-state index is 10.9. The molecule has 0 amide bonds. The van der Waals surface area contributed by atoms with Crippen LogP contribution in [0.1, 0.15) is 27.5 Å². The van der Waals surface area contributed by atoms with Crippen molar-refractivity contribution in [2.75, 3.05) is 6.61 Å². The number of hydrogen-bond donors (Lipinski definition) is 2. The van der Waals surface area contributed by atoms with E-state index >= 15 is 0 Å². The number of ether oxygens (including phenoxy) is 1. The quantitative estimate of drug-likeness (QED) is 0.700. The number of aromatic carboxylic acids is 1. The Morgan fingerprint density at radius 1 is 1.64 bits per heavy atom. The van der Waals surface area contributed by atoms with Crippen molar-refractivity contribution in [1.29, 1.82) is 0 Å². The van der Waals surface area contributed by atoms with Gasteiger partial charge in [-0.1, -0.05) is 6.07 Å². The highest BCUT2D eigenvalue weighted by Gasteiger charge is 2.27. The Balaban J connectivity index is 2.66. The van der Waals surface area contributed by atoms with Gasteiger partial charge in [-0.25, -0.2) is 4.79 Å². The molecule has 0 bridgehead atoms. The number of carboxylic acids is 1. The molecule has 1 atom stereocenters. The van der Waals surface area contributed by atoms with E-state index in [0.29, 0.717) is 17.9 Å². The van der Waals surface area contributed by atoms with Gasteiger partial charge in [0.25, 0.3) is 0 Å². The van der Waals surface area contributed by atoms with Crippen molar-refractivity contribution in [3.63, 3.8) is 0 Å². The van der Waals surface area contributed by atoms with Crippen molar-refractivity contribution >= 4 is 5.97 Å². The molecule has 1 aromatic rings. The molecule has 0 saturated carbocycles. The Morgan fingerprint density at radius 3 is 3.00 bits per heavy atom. The van der Waals surface area contributed by atoms with Crippen LogP contribution in [0.5, 0.6) is 5.75 Å². The smallest absolute Gasteiger partial charge is 0.336 e. The van der Waals surface area contributed by atoms with E-state index in [9.17, 15) is 4.79 Å². The van der Waals surface area contributed by atoms with E-state index in [2.05, 4.69) is 0 Å². The van der Waals surface area contributed by atoms with Crippen LogP contribution in [0.4, 0.5) is 0 Å². The van der Waals surface area contributed by atoms with Gasteiger partial charge in [-0.05, 0) is 18.6 Å². The molecule has 0 spiro atoms. The van der Waals surface area contributed by atoms with Crippen LogP contribution in [0.25, 0.3) is 0 Å². The highest BCUT2D eigenvalue weighted by atomic mass is 16.5. The number of nitrogens with two attached hydrogens (primary N) is 1. The molecule has 4 nitrogen and oxygen atoms in total. The topological polar surface area (TPSA) is 72.5 Å². The number of fused-ring (bicyclic) bond motifs is 1. The first-order valence-corrected chi connectivity index (χ1v) is 4.36. The molecule has 0 radical (unpaired) electrons. The van der Waals surface area contributed by atoms with E-state index < -0.39 is 5.97 Å². The summed E-state index contributed by atoms with van der Waals surface area (Å²) >= 11 is 0. The van der Waals surface area contributed by atoms with Crippen LogP contribution < -0.4 is 10.5 Å². The highest BCUT2D eigenvalue weighted by Crippen LogP contribution is 2.36. The summed E-state index contributed by atoms with van der Waals surface area (Å²) in [7, 11) is 0. The molecule has 2 rings (SSSR count). The zero-order valence-electron chi connectivity index (χ0n) is 7.78. The molecule has 1 aliphatic heterocycles. The fourth-order valence-electron chi connectivity index (χ4n) is 1.71. The maximum Gasteiger partial charge on any atom is 0.336 e. The lowest BCUT2D eigenvalue weighted by molar-refractivity contribution is 0.0695. The number of aryl methyl sites for hydroxylation is 1. The van der Waals surface area contributed by atoms with Gasteiger partial charge in [-0.15, -0.1) is 0 Å². The summed E-state index contributed by atoms with van der Waals surface area (Å²) in [4.78, 5) is 10.9. The zero-order valence-corrected chi connectivity index (χ0v) is 7.78. The summed E-state index contributed by atoms with van der Waals surface area (Å²) in [6, 6.07) is 2.99. The lowest BCUT2D eigenvalue weighted by atomic mass is 9.99. The summed E-state index contributed by atoms with van der Waals surface area (Å²) in [5.74, 6) is -0.320.